The maximum atomic E-state index is 13.5. The van der Waals surface area contributed by atoms with E-state index >= 15 is 0 Å². The van der Waals surface area contributed by atoms with Crippen LogP contribution < -0.4 is 0 Å². The van der Waals surface area contributed by atoms with Crippen LogP contribution in [0.25, 0.3) is 0 Å². The number of hydrogen-bond acceptors (Lipinski definition) is 4. The largest absolute Gasteiger partial charge is 0.480 e. The van der Waals surface area contributed by atoms with Gasteiger partial charge in [-0.2, -0.15) is 4.31 Å². The van der Waals surface area contributed by atoms with Crippen molar-refractivity contribution < 1.29 is 18.3 Å². The second-order valence-corrected chi connectivity index (χ2v) is 9.63. The molecule has 0 radical (unpaired) electrons. The number of carboxylic acids is 1. The van der Waals surface area contributed by atoms with E-state index in [1.165, 1.54) is 0 Å². The third kappa shape index (κ3) is 4.36. The van der Waals surface area contributed by atoms with Crippen LogP contribution in [0.2, 0.25) is 0 Å². The molecule has 0 aromatic heterocycles. The Labute approximate surface area is 163 Å². The van der Waals surface area contributed by atoms with Crippen molar-refractivity contribution in [2.75, 3.05) is 26.7 Å². The first-order valence-electron chi connectivity index (χ1n) is 9.47. The normalized spacial score (nSPS) is 19.3. The molecule has 6 nitrogen and oxygen atoms in total. The van der Waals surface area contributed by atoms with Gasteiger partial charge in [0, 0.05) is 19.1 Å². The molecule has 1 unspecified atom stereocenters. The van der Waals surface area contributed by atoms with Gasteiger partial charge >= 0.3 is 5.97 Å². The first kappa shape index (κ1) is 21.9. The van der Waals surface area contributed by atoms with Gasteiger partial charge in [0.25, 0.3) is 0 Å². The van der Waals surface area contributed by atoms with Gasteiger partial charge in [-0.1, -0.05) is 0 Å². The molecular weight excluding hydrogens is 364 g/mol. The van der Waals surface area contributed by atoms with E-state index in [4.69, 9.17) is 5.11 Å². The van der Waals surface area contributed by atoms with Crippen molar-refractivity contribution in [1.29, 1.82) is 0 Å². The maximum Gasteiger partial charge on any atom is 0.317 e. The summed E-state index contributed by atoms with van der Waals surface area (Å²) in [5.41, 5.74) is 4.88. The molecule has 0 aliphatic carbocycles. The molecule has 0 spiro atoms. The number of rotatable bonds is 5. The van der Waals surface area contributed by atoms with E-state index in [9.17, 15) is 13.2 Å². The molecule has 1 fully saturated rings. The zero-order valence-corrected chi connectivity index (χ0v) is 18.1. The summed E-state index contributed by atoms with van der Waals surface area (Å²) in [5.74, 6) is -0.858. The van der Waals surface area contributed by atoms with Gasteiger partial charge in [-0.15, -0.1) is 0 Å². The van der Waals surface area contributed by atoms with Gasteiger partial charge in [0.1, 0.15) is 0 Å². The molecule has 1 atom stereocenters. The minimum Gasteiger partial charge on any atom is -0.480 e. The number of hydrogen-bond donors (Lipinski definition) is 1. The van der Waals surface area contributed by atoms with Gasteiger partial charge in [-0.05, 0) is 88.7 Å². The summed E-state index contributed by atoms with van der Waals surface area (Å²) >= 11 is 0. The van der Waals surface area contributed by atoms with Crippen molar-refractivity contribution in [1.82, 2.24) is 9.21 Å². The fourth-order valence-corrected chi connectivity index (χ4v) is 6.11. The highest BCUT2D eigenvalue weighted by Gasteiger charge is 2.32. The van der Waals surface area contributed by atoms with Crippen LogP contribution in [0.3, 0.4) is 0 Å². The van der Waals surface area contributed by atoms with E-state index in [0.717, 1.165) is 40.7 Å². The first-order valence-corrected chi connectivity index (χ1v) is 10.9. The van der Waals surface area contributed by atoms with Crippen molar-refractivity contribution in [2.24, 2.45) is 0 Å². The van der Waals surface area contributed by atoms with E-state index in [-0.39, 0.29) is 12.6 Å². The third-order valence-electron chi connectivity index (χ3n) is 6.19. The van der Waals surface area contributed by atoms with E-state index in [1.54, 1.807) is 11.4 Å². The molecule has 1 aromatic carbocycles. The predicted octanol–water partition coefficient (Wildman–Crippen LogP) is 2.79. The van der Waals surface area contributed by atoms with E-state index in [1.807, 2.05) is 39.5 Å². The quantitative estimate of drug-likeness (QED) is 0.828. The lowest BCUT2D eigenvalue weighted by Crippen LogP contribution is -2.37. The Hall–Kier alpha value is -1.44. The fraction of sp³-hybridized carbons (Fsp3) is 0.650. The SMILES string of the molecule is Cc1c(C)c(C)c(S(=O)(=O)N2CCCC(N(C)CC(=O)O)CC2)c(C)c1C. The number of carboxylic acid groups (broad SMARTS) is 1. The van der Waals surface area contributed by atoms with Crippen LogP contribution in [0.5, 0.6) is 0 Å². The summed E-state index contributed by atoms with van der Waals surface area (Å²) in [5, 5.41) is 9.00. The number of sulfonamides is 1. The molecule has 2 rings (SSSR count). The molecule has 1 saturated heterocycles. The standard InChI is InChI=1S/C20H32N2O4S/c1-13-14(2)16(4)20(17(5)15(13)3)27(25,26)22-10-7-8-18(9-11-22)21(6)12-19(23)24/h18H,7-12H2,1-6H3,(H,23,24). The smallest absolute Gasteiger partial charge is 0.317 e. The lowest BCUT2D eigenvalue weighted by molar-refractivity contribution is -0.138. The molecule has 7 heteroatoms. The molecule has 0 amide bonds. The molecule has 0 bridgehead atoms. The molecule has 0 saturated carbocycles. The summed E-state index contributed by atoms with van der Waals surface area (Å²) in [4.78, 5) is 13.2. The van der Waals surface area contributed by atoms with Gasteiger partial charge in [0.15, 0.2) is 0 Å². The van der Waals surface area contributed by atoms with Crippen LogP contribution in [-0.2, 0) is 14.8 Å². The van der Waals surface area contributed by atoms with Crippen molar-refractivity contribution >= 4 is 16.0 Å². The Morgan fingerprint density at radius 1 is 1.00 bits per heavy atom. The second-order valence-electron chi connectivity index (χ2n) is 7.75. The van der Waals surface area contributed by atoms with Gasteiger partial charge in [-0.3, -0.25) is 9.69 Å². The van der Waals surface area contributed by atoms with Gasteiger partial charge in [0.05, 0.1) is 11.4 Å². The summed E-state index contributed by atoms with van der Waals surface area (Å²) in [6, 6.07) is 0.0879. The Bertz CT molecular complexity index is 804. The highest BCUT2D eigenvalue weighted by atomic mass is 32.2. The number of nitrogens with zero attached hydrogens (tertiary/aromatic N) is 2. The average Bonchev–Trinajstić information content (AvgIpc) is 2.84. The maximum absolute atomic E-state index is 13.5. The monoisotopic (exact) mass is 396 g/mol. The summed E-state index contributed by atoms with van der Waals surface area (Å²) in [6.07, 6.45) is 2.18. The van der Waals surface area contributed by atoms with Crippen LogP contribution in [0, 0.1) is 34.6 Å². The Balaban J connectivity index is 2.32. The molecule has 1 heterocycles. The molecule has 1 aliphatic heterocycles. The topological polar surface area (TPSA) is 77.9 Å². The lowest BCUT2D eigenvalue weighted by Gasteiger charge is -2.27. The Kier molecular flexibility index (Phi) is 6.71. The Morgan fingerprint density at radius 3 is 2.04 bits per heavy atom. The van der Waals surface area contributed by atoms with E-state index < -0.39 is 16.0 Å². The zero-order chi connectivity index (χ0) is 20.5. The van der Waals surface area contributed by atoms with Crippen LogP contribution in [0.4, 0.5) is 0 Å². The van der Waals surface area contributed by atoms with Crippen LogP contribution >= 0.6 is 0 Å². The first-order chi connectivity index (χ1) is 12.5. The van der Waals surface area contributed by atoms with Crippen LogP contribution in [0.15, 0.2) is 4.90 Å². The van der Waals surface area contributed by atoms with Crippen molar-refractivity contribution in [3.05, 3.63) is 27.8 Å². The van der Waals surface area contributed by atoms with Crippen molar-refractivity contribution in [3.63, 3.8) is 0 Å². The van der Waals surface area contributed by atoms with E-state index in [2.05, 4.69) is 0 Å². The molecule has 1 aromatic rings. The molecule has 1 aliphatic rings. The minimum absolute atomic E-state index is 0.0218. The van der Waals surface area contributed by atoms with Crippen molar-refractivity contribution in [2.45, 2.75) is 64.8 Å². The average molecular weight is 397 g/mol. The number of aliphatic carboxylic acids is 1. The van der Waals surface area contributed by atoms with E-state index in [0.29, 0.717) is 24.4 Å². The molecule has 27 heavy (non-hydrogen) atoms. The van der Waals surface area contributed by atoms with Gasteiger partial charge < -0.3 is 5.11 Å². The highest BCUT2D eigenvalue weighted by Crippen LogP contribution is 2.32. The summed E-state index contributed by atoms with van der Waals surface area (Å²) in [6.45, 7) is 10.7. The van der Waals surface area contributed by atoms with Gasteiger partial charge in [0.2, 0.25) is 10.0 Å². The third-order valence-corrected chi connectivity index (χ3v) is 8.37. The lowest BCUT2D eigenvalue weighted by atomic mass is 9.95. The molecule has 152 valence electrons. The number of likely N-dealkylation sites (N-methyl/N-ethyl adjacent to an activating group) is 1. The van der Waals surface area contributed by atoms with Crippen LogP contribution in [0.1, 0.15) is 47.1 Å². The molecular formula is C20H32N2O4S. The number of benzene rings is 1. The predicted molar refractivity (Wildman–Crippen MR) is 107 cm³/mol. The molecule has 1 N–H and O–H groups in total. The second kappa shape index (κ2) is 8.29. The highest BCUT2D eigenvalue weighted by molar-refractivity contribution is 7.89. The van der Waals surface area contributed by atoms with Crippen LogP contribution in [-0.4, -0.2) is 61.4 Å². The fourth-order valence-electron chi connectivity index (χ4n) is 4.06. The zero-order valence-electron chi connectivity index (χ0n) is 17.3. The Morgan fingerprint density at radius 2 is 1.52 bits per heavy atom. The summed E-state index contributed by atoms with van der Waals surface area (Å²) in [7, 11) is -1.79. The summed E-state index contributed by atoms with van der Waals surface area (Å²) < 4.78 is 28.5. The minimum atomic E-state index is -3.58. The van der Waals surface area contributed by atoms with Gasteiger partial charge in [-0.25, -0.2) is 8.42 Å². The number of carbonyl (C=O) groups is 1. The van der Waals surface area contributed by atoms with Crippen molar-refractivity contribution in [3.8, 4) is 0 Å².